The van der Waals surface area contributed by atoms with Gasteiger partial charge in [-0.25, -0.2) is 4.79 Å². The van der Waals surface area contributed by atoms with Gasteiger partial charge in [0.15, 0.2) is 0 Å². The van der Waals surface area contributed by atoms with E-state index in [1.807, 2.05) is 43.4 Å². The molecule has 0 radical (unpaired) electrons. The van der Waals surface area contributed by atoms with Crippen molar-refractivity contribution in [3.63, 3.8) is 0 Å². The highest BCUT2D eigenvalue weighted by Crippen LogP contribution is 2.45. The number of piperidine rings is 1. The van der Waals surface area contributed by atoms with Crippen molar-refractivity contribution < 1.29 is 16.4 Å². The largest absolute Gasteiger partial charge is 0.361 e. The van der Waals surface area contributed by atoms with Crippen LogP contribution in [0.2, 0.25) is 0 Å². The second-order valence-corrected chi connectivity index (χ2v) is 9.27. The molecule has 1 aliphatic heterocycles. The number of benzene rings is 1. The summed E-state index contributed by atoms with van der Waals surface area (Å²) in [5.74, 6) is -1.28. The Hall–Kier alpha value is -2.64. The number of nitrogens with one attached hydrogen (secondary N) is 2. The average Bonchev–Trinajstić information content (AvgIpc) is 3.29. The van der Waals surface area contributed by atoms with Crippen molar-refractivity contribution >= 4 is 22.8 Å². The van der Waals surface area contributed by atoms with Crippen LogP contribution in [0.4, 0.5) is 4.79 Å². The van der Waals surface area contributed by atoms with Gasteiger partial charge in [0.2, 0.25) is 5.91 Å². The first kappa shape index (κ1) is 17.8. The fourth-order valence-corrected chi connectivity index (χ4v) is 5.40. The van der Waals surface area contributed by atoms with Gasteiger partial charge in [-0.15, -0.1) is 6.53 Å². The Balaban J connectivity index is 1.74. The summed E-state index contributed by atoms with van der Waals surface area (Å²) in [5.41, 5.74) is 3.03. The third kappa shape index (κ3) is 4.70. The van der Waals surface area contributed by atoms with Gasteiger partial charge in [-0.05, 0) is 64.0 Å². The Kier molecular flexibility index (Phi) is 5.44. The van der Waals surface area contributed by atoms with E-state index in [9.17, 15) is 9.59 Å². The molecule has 0 bridgehead atoms. The Morgan fingerprint density at radius 3 is 3.03 bits per heavy atom. The molecule has 1 fully saturated rings. The molecule has 1 aliphatic carbocycles. The molecule has 1 aromatic heterocycles. The number of nitrogens with zero attached hydrogens (tertiary/aromatic N) is 3. The van der Waals surface area contributed by atoms with E-state index in [0.29, 0.717) is 32.4 Å². The van der Waals surface area contributed by atoms with Crippen LogP contribution < -0.4 is 5.32 Å². The van der Waals surface area contributed by atoms with E-state index in [0.717, 1.165) is 22.0 Å². The first-order chi connectivity index (χ1) is 18.0. The zero-order valence-corrected chi connectivity index (χ0v) is 19.6. The molecule has 0 spiro atoms. The predicted octanol–water partition coefficient (Wildman–Crippen LogP) is 3.19. The minimum Gasteiger partial charge on any atom is -0.361 e. The average molecular weight is 457 g/mol. The van der Waals surface area contributed by atoms with E-state index >= 15 is 0 Å². The summed E-state index contributed by atoms with van der Waals surface area (Å²) in [6, 6.07) is 4.36. The molecule has 2 aliphatic rings. The van der Waals surface area contributed by atoms with Gasteiger partial charge in [-0.3, -0.25) is 14.6 Å². The van der Waals surface area contributed by atoms with Crippen LogP contribution in [0.5, 0.6) is 0 Å². The molecular weight excluding hydrogens is 414 g/mol. The number of carbonyl (C=O) groups excluding carboxylic acids is 2. The molecule has 1 saturated heterocycles. The number of aromatic amines is 1. The van der Waals surface area contributed by atoms with Crippen molar-refractivity contribution in [1.29, 1.82) is 0 Å². The third-order valence-corrected chi connectivity index (χ3v) is 6.84. The van der Waals surface area contributed by atoms with E-state index in [-0.39, 0.29) is 31.0 Å². The van der Waals surface area contributed by atoms with Gasteiger partial charge in [-0.1, -0.05) is 18.2 Å². The van der Waals surface area contributed by atoms with E-state index < -0.39 is 31.0 Å². The predicted molar refractivity (Wildman–Crippen MR) is 132 cm³/mol. The minimum atomic E-state index is -2.43. The van der Waals surface area contributed by atoms with Gasteiger partial charge >= 0.3 is 6.03 Å². The number of rotatable bonds is 8. The molecule has 33 heavy (non-hydrogen) atoms. The lowest BCUT2D eigenvalue weighted by Gasteiger charge is -2.47. The molecular formula is C26H37N5O2. The van der Waals surface area contributed by atoms with Crippen LogP contribution in [0, 0.1) is 5.92 Å². The number of H-pyrrole nitrogens is 1. The summed E-state index contributed by atoms with van der Waals surface area (Å²) in [4.78, 5) is 34.9. The smallest absolute Gasteiger partial charge is 0.324 e. The number of carbonyl (C=O) groups is 2. The van der Waals surface area contributed by atoms with E-state index in [4.69, 9.17) is 6.85 Å². The summed E-state index contributed by atoms with van der Waals surface area (Å²) in [7, 11) is 3.86. The van der Waals surface area contributed by atoms with E-state index in [1.54, 1.807) is 6.92 Å². The number of hydrogen-bond acceptors (Lipinski definition) is 4. The topological polar surface area (TPSA) is 71.7 Å². The van der Waals surface area contributed by atoms with Crippen LogP contribution in [0.3, 0.4) is 0 Å². The van der Waals surface area contributed by atoms with Crippen molar-refractivity contribution in [3.8, 4) is 0 Å². The third-order valence-electron chi connectivity index (χ3n) is 6.84. The lowest BCUT2D eigenvalue weighted by Crippen LogP contribution is -2.55. The highest BCUT2D eigenvalue weighted by Gasteiger charge is 2.43. The van der Waals surface area contributed by atoms with Gasteiger partial charge in [-0.2, -0.15) is 0 Å². The van der Waals surface area contributed by atoms with Crippen LogP contribution in [-0.2, 0) is 11.2 Å². The van der Waals surface area contributed by atoms with Crippen molar-refractivity contribution in [2.45, 2.75) is 38.1 Å². The van der Waals surface area contributed by atoms with Gasteiger partial charge in [0.25, 0.3) is 0 Å². The van der Waals surface area contributed by atoms with Crippen molar-refractivity contribution in [2.75, 3.05) is 46.8 Å². The molecule has 0 saturated carbocycles. The van der Waals surface area contributed by atoms with Crippen molar-refractivity contribution in [3.05, 3.63) is 48.1 Å². The van der Waals surface area contributed by atoms with Crippen LogP contribution in [0.1, 0.15) is 43.7 Å². The number of amides is 3. The molecule has 3 atom stereocenters. The number of likely N-dealkylation sites (tertiary alicyclic amines) is 1. The molecule has 1 aromatic carbocycles. The van der Waals surface area contributed by atoms with Crippen LogP contribution in [0.15, 0.2) is 37.0 Å². The first-order valence-electron chi connectivity index (χ1n) is 14.2. The summed E-state index contributed by atoms with van der Waals surface area (Å²) >= 11 is 0. The standard InChI is InChI=1S/C26H37N5O2/c1-5-11-30-17-19(25(32)31(26(33)27-6-2)13-8-12-29(3)4)14-21-20-9-7-10-22-24(20)18(16-28-22)15-23(21)30/h5,7,9-10,16,19,21,23,28H,1,6,8,11-15,17H2,2-4H3,(H,27,33)/t19-,21+,23+/m0/s1/i1D2,5D,11D2. The minimum absolute atomic E-state index is 0.0119. The Labute approximate surface area is 203 Å². The summed E-state index contributed by atoms with van der Waals surface area (Å²) in [6.45, 7) is -0.222. The Morgan fingerprint density at radius 2 is 2.27 bits per heavy atom. The number of fused-ring (bicyclic) bond motifs is 2. The number of hydrogen-bond donors (Lipinski definition) is 2. The molecule has 2 heterocycles. The van der Waals surface area contributed by atoms with Crippen LogP contribution >= 0.6 is 0 Å². The summed E-state index contributed by atoms with van der Waals surface area (Å²) < 4.78 is 41.1. The Bertz CT molecular complexity index is 1230. The van der Waals surface area contributed by atoms with Gasteiger partial charge in [0.05, 0.1) is 10.0 Å². The van der Waals surface area contributed by atoms with E-state index in [2.05, 4.69) is 10.3 Å². The maximum Gasteiger partial charge on any atom is 0.324 e. The fraction of sp³-hybridized carbons (Fsp3) is 0.538. The highest BCUT2D eigenvalue weighted by atomic mass is 16.2. The van der Waals surface area contributed by atoms with Gasteiger partial charge < -0.3 is 15.2 Å². The SMILES string of the molecule is [2H]C([2H])=C([2H])C([2H])([2H])N1C[C@@H](C(=O)N(CCCN(C)C)C(=O)NCC)C[C@@H]2c3cccc4[nH]cc(c34)C[C@H]21. The maximum atomic E-state index is 13.9. The van der Waals surface area contributed by atoms with Crippen LogP contribution in [-0.4, -0.2) is 84.4 Å². The molecule has 3 amide bonds. The second kappa shape index (κ2) is 10.1. The zero-order valence-electron chi connectivity index (χ0n) is 24.6. The Morgan fingerprint density at radius 1 is 1.42 bits per heavy atom. The quantitative estimate of drug-likeness (QED) is 0.599. The van der Waals surface area contributed by atoms with Crippen LogP contribution in [0.25, 0.3) is 10.9 Å². The number of urea groups is 1. The molecule has 4 rings (SSSR count). The number of aromatic nitrogens is 1. The first-order valence-corrected chi connectivity index (χ1v) is 11.7. The molecule has 178 valence electrons. The molecule has 7 nitrogen and oxygen atoms in total. The summed E-state index contributed by atoms with van der Waals surface area (Å²) in [5, 5.41) is 3.81. The molecule has 0 unspecified atom stereocenters. The molecule has 2 N–H and O–H groups in total. The monoisotopic (exact) mass is 456 g/mol. The molecule has 2 aromatic rings. The second-order valence-electron chi connectivity index (χ2n) is 9.27. The normalized spacial score (nSPS) is 24.7. The van der Waals surface area contributed by atoms with Crippen molar-refractivity contribution in [2.24, 2.45) is 5.92 Å². The highest BCUT2D eigenvalue weighted by molar-refractivity contribution is 5.96. The van der Waals surface area contributed by atoms with Crippen molar-refractivity contribution in [1.82, 2.24) is 25.0 Å². The zero-order chi connectivity index (χ0) is 27.8. The summed E-state index contributed by atoms with van der Waals surface area (Å²) in [6.07, 6.45) is 3.49. The van der Waals surface area contributed by atoms with Gasteiger partial charge in [0.1, 0.15) is 0 Å². The molecule has 7 heteroatoms. The van der Waals surface area contributed by atoms with E-state index in [1.165, 1.54) is 9.80 Å². The lowest BCUT2D eigenvalue weighted by molar-refractivity contribution is -0.135. The van der Waals surface area contributed by atoms with Gasteiger partial charge in [0, 0.05) is 57.9 Å². The maximum absolute atomic E-state index is 13.9. The number of imide groups is 1. The lowest BCUT2D eigenvalue weighted by atomic mass is 9.72. The fourth-order valence-electron chi connectivity index (χ4n) is 5.40.